The summed E-state index contributed by atoms with van der Waals surface area (Å²) in [6.45, 7) is 5.59. The van der Waals surface area contributed by atoms with E-state index in [1.54, 1.807) is 18.2 Å². The molecule has 0 saturated carbocycles. The lowest BCUT2D eigenvalue weighted by atomic mass is 10.2. The quantitative estimate of drug-likeness (QED) is 0.597. The largest absolute Gasteiger partial charge is 0.591 e. The van der Waals surface area contributed by atoms with Crippen molar-refractivity contribution in [2.24, 2.45) is 4.40 Å². The Morgan fingerprint density at radius 2 is 1.94 bits per heavy atom. The maximum atomic E-state index is 11.7. The van der Waals surface area contributed by atoms with Gasteiger partial charge in [0.05, 0.1) is 11.2 Å². The number of rotatable bonds is 2. The Morgan fingerprint density at radius 1 is 1.31 bits per heavy atom. The number of benzene rings is 1. The van der Waals surface area contributed by atoms with Crippen LogP contribution in [0, 0.1) is 0 Å². The maximum Gasteiger partial charge on any atom is 0.144 e. The Balaban J connectivity index is 2.85. The molecular formula is C11H13Cl2NOS. The van der Waals surface area contributed by atoms with Crippen molar-refractivity contribution >= 4 is 40.8 Å². The third-order valence-corrected chi connectivity index (χ3v) is 3.68. The van der Waals surface area contributed by atoms with Crippen molar-refractivity contribution in [2.75, 3.05) is 0 Å². The number of nitrogens with zero attached hydrogens (tertiary/aromatic N) is 1. The molecule has 2 nitrogen and oxygen atoms in total. The highest BCUT2D eigenvalue weighted by atomic mass is 35.5. The van der Waals surface area contributed by atoms with E-state index in [-0.39, 0.29) is 4.75 Å². The Hall–Kier alpha value is -0.220. The fourth-order valence-electron chi connectivity index (χ4n) is 0.869. The summed E-state index contributed by atoms with van der Waals surface area (Å²) in [4.78, 5) is 0. The van der Waals surface area contributed by atoms with E-state index in [1.165, 1.54) is 6.21 Å². The van der Waals surface area contributed by atoms with Crippen LogP contribution in [0.3, 0.4) is 0 Å². The van der Waals surface area contributed by atoms with E-state index >= 15 is 0 Å². The molecule has 1 atom stereocenters. The molecule has 5 heteroatoms. The third-order valence-electron chi connectivity index (χ3n) is 1.77. The van der Waals surface area contributed by atoms with Crippen LogP contribution in [-0.4, -0.2) is 15.5 Å². The molecule has 16 heavy (non-hydrogen) atoms. The summed E-state index contributed by atoms with van der Waals surface area (Å²) in [7, 11) is 0. The Bertz CT molecular complexity index is 401. The Labute approximate surface area is 109 Å². The van der Waals surface area contributed by atoms with Crippen molar-refractivity contribution in [2.45, 2.75) is 25.5 Å². The third kappa shape index (κ3) is 3.98. The lowest BCUT2D eigenvalue weighted by Crippen LogP contribution is -2.25. The molecule has 0 N–H and O–H groups in total. The van der Waals surface area contributed by atoms with Gasteiger partial charge >= 0.3 is 0 Å². The van der Waals surface area contributed by atoms with E-state index in [1.807, 2.05) is 20.8 Å². The van der Waals surface area contributed by atoms with Crippen LogP contribution in [0.15, 0.2) is 22.6 Å². The Kier molecular flexibility index (Phi) is 4.68. The minimum Gasteiger partial charge on any atom is -0.591 e. The zero-order chi connectivity index (χ0) is 12.3. The molecule has 0 saturated heterocycles. The van der Waals surface area contributed by atoms with Gasteiger partial charge in [-0.2, -0.15) is 0 Å². The van der Waals surface area contributed by atoms with Crippen LogP contribution in [-0.2, 0) is 11.4 Å². The van der Waals surface area contributed by atoms with Gasteiger partial charge in [-0.15, -0.1) is 0 Å². The second-order valence-corrected chi connectivity index (χ2v) is 7.04. The second-order valence-electron chi connectivity index (χ2n) is 4.26. The minimum atomic E-state index is -1.27. The van der Waals surface area contributed by atoms with Crippen molar-refractivity contribution in [3.8, 4) is 0 Å². The highest BCUT2D eigenvalue weighted by molar-refractivity contribution is 7.91. The molecule has 0 heterocycles. The van der Waals surface area contributed by atoms with E-state index in [4.69, 9.17) is 23.2 Å². The SMILES string of the molecule is CC(C)(C)[S@+]([O-])N=Cc1ccc(Cl)cc1Cl. The highest BCUT2D eigenvalue weighted by Crippen LogP contribution is 2.21. The second kappa shape index (κ2) is 5.41. The molecule has 0 aliphatic rings. The van der Waals surface area contributed by atoms with Crippen LogP contribution in [0.4, 0.5) is 0 Å². The minimum absolute atomic E-state index is 0.366. The van der Waals surface area contributed by atoms with Crippen molar-refractivity contribution in [3.63, 3.8) is 0 Å². The molecular weight excluding hydrogens is 265 g/mol. The van der Waals surface area contributed by atoms with Crippen LogP contribution in [0.25, 0.3) is 0 Å². The lowest BCUT2D eigenvalue weighted by molar-refractivity contribution is 0.562. The molecule has 1 aromatic carbocycles. The Morgan fingerprint density at radius 3 is 2.44 bits per heavy atom. The van der Waals surface area contributed by atoms with Gasteiger partial charge in [0.2, 0.25) is 0 Å². The zero-order valence-electron chi connectivity index (χ0n) is 9.33. The van der Waals surface area contributed by atoms with E-state index in [9.17, 15) is 4.55 Å². The summed E-state index contributed by atoms with van der Waals surface area (Å²) in [6, 6.07) is 5.09. The van der Waals surface area contributed by atoms with Crippen molar-refractivity contribution in [1.29, 1.82) is 0 Å². The van der Waals surface area contributed by atoms with Gasteiger partial charge in [0.1, 0.15) is 16.1 Å². The van der Waals surface area contributed by atoms with Gasteiger partial charge < -0.3 is 4.55 Å². The van der Waals surface area contributed by atoms with Crippen molar-refractivity contribution in [3.05, 3.63) is 33.8 Å². The lowest BCUT2D eigenvalue weighted by Gasteiger charge is -2.17. The van der Waals surface area contributed by atoms with Crippen LogP contribution >= 0.6 is 23.2 Å². The first-order chi connectivity index (χ1) is 7.30. The van der Waals surface area contributed by atoms with Gasteiger partial charge in [0.15, 0.2) is 0 Å². The fraction of sp³-hybridized carbons (Fsp3) is 0.364. The number of hydrogen-bond acceptors (Lipinski definition) is 2. The molecule has 1 aromatic rings. The maximum absolute atomic E-state index is 11.7. The first kappa shape index (κ1) is 13.8. The van der Waals surface area contributed by atoms with Crippen LogP contribution in [0.5, 0.6) is 0 Å². The first-order valence-electron chi connectivity index (χ1n) is 4.72. The van der Waals surface area contributed by atoms with E-state index in [0.29, 0.717) is 15.6 Å². The smallest absolute Gasteiger partial charge is 0.144 e. The molecule has 0 aromatic heterocycles. The molecule has 0 aliphatic carbocycles. The van der Waals surface area contributed by atoms with E-state index < -0.39 is 11.4 Å². The van der Waals surface area contributed by atoms with Crippen molar-refractivity contribution < 1.29 is 4.55 Å². The molecule has 0 amide bonds. The first-order valence-corrected chi connectivity index (χ1v) is 6.58. The van der Waals surface area contributed by atoms with Gasteiger partial charge in [-0.05, 0) is 32.9 Å². The normalized spacial score (nSPS) is 14.4. The average molecular weight is 278 g/mol. The summed E-state index contributed by atoms with van der Waals surface area (Å²) in [5, 5.41) is 1.07. The number of halogens is 2. The number of hydrogen-bond donors (Lipinski definition) is 0. The van der Waals surface area contributed by atoms with Crippen molar-refractivity contribution in [1.82, 2.24) is 0 Å². The van der Waals surface area contributed by atoms with Gasteiger partial charge in [0.25, 0.3) is 0 Å². The summed E-state index contributed by atoms with van der Waals surface area (Å²) in [5.74, 6) is 0. The van der Waals surface area contributed by atoms with Gasteiger partial charge in [-0.25, -0.2) is 0 Å². The van der Waals surface area contributed by atoms with E-state index in [2.05, 4.69) is 4.40 Å². The van der Waals surface area contributed by atoms with Crippen LogP contribution < -0.4 is 0 Å². The monoisotopic (exact) mass is 277 g/mol. The summed E-state index contributed by atoms with van der Waals surface area (Å²) in [5.41, 5.74) is 0.712. The molecule has 1 rings (SSSR count). The van der Waals surface area contributed by atoms with Gasteiger partial charge in [-0.3, -0.25) is 0 Å². The molecule has 0 fully saturated rings. The topological polar surface area (TPSA) is 35.4 Å². The summed E-state index contributed by atoms with van der Waals surface area (Å²) in [6.07, 6.45) is 1.51. The summed E-state index contributed by atoms with van der Waals surface area (Å²) < 4.78 is 15.3. The molecule has 0 aliphatic heterocycles. The standard InChI is InChI=1S/C11H13Cl2NOS/c1-11(2,3)16(15)14-7-8-4-5-9(12)6-10(8)13/h4-7H,1-3H3/t16-/m0/s1. The highest BCUT2D eigenvalue weighted by Gasteiger charge is 2.25. The van der Waals surface area contributed by atoms with Gasteiger partial charge in [0, 0.05) is 10.6 Å². The molecule has 88 valence electrons. The van der Waals surface area contributed by atoms with Gasteiger partial charge in [-0.1, -0.05) is 33.7 Å². The fourth-order valence-corrected chi connectivity index (χ4v) is 1.85. The zero-order valence-corrected chi connectivity index (χ0v) is 11.7. The molecule has 0 spiro atoms. The average Bonchev–Trinajstić information content (AvgIpc) is 2.14. The predicted molar refractivity (Wildman–Crippen MR) is 72.0 cm³/mol. The predicted octanol–water partition coefficient (Wildman–Crippen LogP) is 3.87. The summed E-state index contributed by atoms with van der Waals surface area (Å²) >= 11 is 10.4. The molecule has 0 radical (unpaired) electrons. The van der Waals surface area contributed by atoms with E-state index in [0.717, 1.165) is 0 Å². The van der Waals surface area contributed by atoms with Crippen LogP contribution in [0.2, 0.25) is 10.0 Å². The molecule has 0 unspecified atom stereocenters. The molecule has 0 bridgehead atoms. The van der Waals surface area contributed by atoms with Crippen LogP contribution in [0.1, 0.15) is 26.3 Å².